The summed E-state index contributed by atoms with van der Waals surface area (Å²) in [4.78, 5) is 14.1. The van der Waals surface area contributed by atoms with Crippen molar-refractivity contribution in [1.82, 2.24) is 9.21 Å². The molecular formula is C24H34FN3O5S. The van der Waals surface area contributed by atoms with Gasteiger partial charge in [-0.25, -0.2) is 21.9 Å². The molecule has 0 aromatic heterocycles. The number of benzene rings is 1. The average molecular weight is 496 g/mol. The fourth-order valence-corrected chi connectivity index (χ4v) is 6.37. The molecule has 0 radical (unpaired) electrons. The number of hydrogen-bond acceptors (Lipinski definition) is 6. The molecule has 0 unspecified atom stereocenters. The molecule has 1 aromatic carbocycles. The Kier molecular flexibility index (Phi) is 8.90. The summed E-state index contributed by atoms with van der Waals surface area (Å²) >= 11 is 0. The Labute approximate surface area is 201 Å². The van der Waals surface area contributed by atoms with Crippen LogP contribution in [-0.4, -0.2) is 75.5 Å². The molecule has 1 amide bonds. The number of carbonyl (C=O) groups excluding carboxylic acids is 1. The van der Waals surface area contributed by atoms with Crippen molar-refractivity contribution in [3.05, 3.63) is 35.6 Å². The molecule has 34 heavy (non-hydrogen) atoms. The van der Waals surface area contributed by atoms with Crippen LogP contribution in [0.15, 0.2) is 24.3 Å². The molecule has 1 aliphatic carbocycles. The van der Waals surface area contributed by atoms with E-state index >= 15 is 0 Å². The molecule has 1 heterocycles. The van der Waals surface area contributed by atoms with Gasteiger partial charge in [-0.2, -0.15) is 5.26 Å². The van der Waals surface area contributed by atoms with Gasteiger partial charge in [0.2, 0.25) is 10.0 Å². The van der Waals surface area contributed by atoms with Crippen LogP contribution in [0.3, 0.4) is 0 Å². The van der Waals surface area contributed by atoms with Gasteiger partial charge < -0.3 is 9.47 Å². The maximum atomic E-state index is 13.6. The van der Waals surface area contributed by atoms with Crippen molar-refractivity contribution in [2.75, 3.05) is 33.6 Å². The lowest BCUT2D eigenvalue weighted by Gasteiger charge is -2.33. The third-order valence-electron chi connectivity index (χ3n) is 7.06. The SMILES string of the molecule is COC(=O)N1[C@H](CC#N)C[C@H](CS(=O)(=O)N(C)C)[C@@H]1COC1CCC(c2cccc(F)c2)CC1. The van der Waals surface area contributed by atoms with Crippen molar-refractivity contribution in [3.63, 3.8) is 0 Å². The number of amides is 1. The summed E-state index contributed by atoms with van der Waals surface area (Å²) in [7, 11) is 0.739. The van der Waals surface area contributed by atoms with Crippen LogP contribution in [0.25, 0.3) is 0 Å². The van der Waals surface area contributed by atoms with Crippen molar-refractivity contribution >= 4 is 16.1 Å². The Morgan fingerprint density at radius 1 is 1.26 bits per heavy atom. The fraction of sp³-hybridized carbons (Fsp3) is 0.667. The van der Waals surface area contributed by atoms with E-state index in [2.05, 4.69) is 6.07 Å². The smallest absolute Gasteiger partial charge is 0.410 e. The van der Waals surface area contributed by atoms with Crippen molar-refractivity contribution in [1.29, 1.82) is 5.26 Å². The molecule has 3 rings (SSSR count). The van der Waals surface area contributed by atoms with Crippen LogP contribution in [0.4, 0.5) is 9.18 Å². The number of sulfonamides is 1. The third-order valence-corrected chi connectivity index (χ3v) is 9.02. The van der Waals surface area contributed by atoms with Gasteiger partial charge in [0.25, 0.3) is 0 Å². The van der Waals surface area contributed by atoms with Crippen molar-refractivity contribution in [2.24, 2.45) is 5.92 Å². The van der Waals surface area contributed by atoms with Gasteiger partial charge in [-0.1, -0.05) is 12.1 Å². The number of nitrogens with zero attached hydrogens (tertiary/aromatic N) is 3. The molecule has 0 spiro atoms. The second-order valence-corrected chi connectivity index (χ2v) is 11.6. The second kappa shape index (κ2) is 11.5. The first-order chi connectivity index (χ1) is 16.2. The highest BCUT2D eigenvalue weighted by molar-refractivity contribution is 7.89. The monoisotopic (exact) mass is 495 g/mol. The minimum Gasteiger partial charge on any atom is -0.453 e. The lowest BCUT2D eigenvalue weighted by molar-refractivity contribution is -0.0119. The summed E-state index contributed by atoms with van der Waals surface area (Å²) in [6.45, 7) is 0.180. The van der Waals surface area contributed by atoms with Crippen molar-refractivity contribution in [2.45, 2.75) is 62.6 Å². The highest BCUT2D eigenvalue weighted by Gasteiger charge is 2.46. The maximum absolute atomic E-state index is 13.6. The Bertz CT molecular complexity index is 989. The highest BCUT2D eigenvalue weighted by Crippen LogP contribution is 2.37. The largest absolute Gasteiger partial charge is 0.453 e. The lowest BCUT2D eigenvalue weighted by atomic mass is 9.82. The van der Waals surface area contributed by atoms with E-state index in [1.165, 1.54) is 36.5 Å². The standard InChI is InChI=1S/C24H34FN3O5S/c1-27(2)34(30,31)16-19-14-21(11-12-26)28(24(29)32-3)23(19)15-33-22-9-7-17(8-10-22)18-5-4-6-20(25)13-18/h4-6,13,17,19,21-23H,7-11,14-16H2,1-3H3/t17?,19-,21-,22?,23+/m1/s1. The Balaban J connectivity index is 1.68. The van der Waals surface area contributed by atoms with Gasteiger partial charge in [0.05, 0.1) is 44.1 Å². The summed E-state index contributed by atoms with van der Waals surface area (Å²) in [6, 6.07) is 7.89. The molecule has 10 heteroatoms. The number of halogens is 1. The van der Waals surface area contributed by atoms with Crippen LogP contribution in [-0.2, 0) is 19.5 Å². The quantitative estimate of drug-likeness (QED) is 0.547. The molecule has 1 aromatic rings. The van der Waals surface area contributed by atoms with Crippen LogP contribution in [0.2, 0.25) is 0 Å². The van der Waals surface area contributed by atoms with Crippen LogP contribution in [0, 0.1) is 23.1 Å². The van der Waals surface area contributed by atoms with Crippen LogP contribution >= 0.6 is 0 Å². The predicted molar refractivity (Wildman–Crippen MR) is 125 cm³/mol. The molecule has 188 valence electrons. The van der Waals surface area contributed by atoms with Gasteiger partial charge in [-0.3, -0.25) is 4.90 Å². The second-order valence-electron chi connectivity index (χ2n) is 9.38. The summed E-state index contributed by atoms with van der Waals surface area (Å²) < 4.78 is 51.1. The molecule has 0 N–H and O–H groups in total. The number of carbonyl (C=O) groups is 1. The normalized spacial score (nSPS) is 27.5. The van der Waals surface area contributed by atoms with Crippen LogP contribution in [0.1, 0.15) is 50.0 Å². The Morgan fingerprint density at radius 3 is 2.56 bits per heavy atom. The number of likely N-dealkylation sites (tertiary alicyclic amines) is 1. The van der Waals surface area contributed by atoms with E-state index in [9.17, 15) is 22.9 Å². The van der Waals surface area contributed by atoms with Gasteiger partial charge >= 0.3 is 6.09 Å². The Hall–Kier alpha value is -2.22. The van der Waals surface area contributed by atoms with Crippen LogP contribution in [0.5, 0.6) is 0 Å². The molecule has 0 bridgehead atoms. The topological polar surface area (TPSA) is 99.9 Å². The fourth-order valence-electron chi connectivity index (χ4n) is 5.17. The maximum Gasteiger partial charge on any atom is 0.410 e. The van der Waals surface area contributed by atoms with E-state index in [4.69, 9.17) is 9.47 Å². The van der Waals surface area contributed by atoms with Gasteiger partial charge in [-0.15, -0.1) is 0 Å². The van der Waals surface area contributed by atoms with Gasteiger partial charge in [0.1, 0.15) is 5.82 Å². The molecule has 2 aliphatic rings. The predicted octanol–water partition coefficient (Wildman–Crippen LogP) is 3.50. The molecule has 8 nitrogen and oxygen atoms in total. The van der Waals surface area contributed by atoms with E-state index < -0.39 is 28.2 Å². The number of nitriles is 1. The van der Waals surface area contributed by atoms with Gasteiger partial charge in [0, 0.05) is 20.1 Å². The molecule has 2 fully saturated rings. The first kappa shape index (κ1) is 26.4. The van der Waals surface area contributed by atoms with Gasteiger partial charge in [-0.05, 0) is 61.6 Å². The zero-order valence-corrected chi connectivity index (χ0v) is 20.8. The average Bonchev–Trinajstić information content (AvgIpc) is 3.13. The molecule has 1 saturated carbocycles. The number of hydrogen-bond donors (Lipinski definition) is 0. The molecule has 3 atom stereocenters. The highest BCUT2D eigenvalue weighted by atomic mass is 32.2. The van der Waals surface area contributed by atoms with Crippen molar-refractivity contribution in [3.8, 4) is 6.07 Å². The van der Waals surface area contributed by atoms with E-state index in [0.717, 1.165) is 31.2 Å². The zero-order valence-electron chi connectivity index (χ0n) is 20.0. The number of methoxy groups -OCH3 is 1. The van der Waals surface area contributed by atoms with Crippen LogP contribution < -0.4 is 0 Å². The lowest BCUT2D eigenvalue weighted by Crippen LogP contribution is -2.46. The number of ether oxygens (including phenoxy) is 2. The summed E-state index contributed by atoms with van der Waals surface area (Å²) in [6.07, 6.45) is 3.24. The summed E-state index contributed by atoms with van der Waals surface area (Å²) in [5.74, 6) is -0.443. The molecule has 1 aliphatic heterocycles. The zero-order chi connectivity index (χ0) is 24.9. The first-order valence-electron chi connectivity index (χ1n) is 11.7. The van der Waals surface area contributed by atoms with E-state index in [1.807, 2.05) is 6.07 Å². The van der Waals surface area contributed by atoms with E-state index in [0.29, 0.717) is 6.42 Å². The molecule has 1 saturated heterocycles. The summed E-state index contributed by atoms with van der Waals surface area (Å²) in [5.41, 5.74) is 0.999. The summed E-state index contributed by atoms with van der Waals surface area (Å²) in [5, 5.41) is 9.25. The number of rotatable bonds is 8. The van der Waals surface area contributed by atoms with Crippen molar-refractivity contribution < 1.29 is 27.1 Å². The van der Waals surface area contributed by atoms with E-state index in [1.54, 1.807) is 12.1 Å². The molecular weight excluding hydrogens is 461 g/mol. The minimum absolute atomic E-state index is 0.0228. The Morgan fingerprint density at radius 2 is 1.97 bits per heavy atom. The minimum atomic E-state index is -3.51. The third kappa shape index (κ3) is 6.26. The first-order valence-corrected chi connectivity index (χ1v) is 13.3. The van der Waals surface area contributed by atoms with E-state index in [-0.39, 0.29) is 42.5 Å². The van der Waals surface area contributed by atoms with Gasteiger partial charge in [0.15, 0.2) is 0 Å².